The monoisotopic (exact) mass is 465 g/mol. The van der Waals surface area contributed by atoms with Crippen LogP contribution in [0.1, 0.15) is 15.9 Å². The van der Waals surface area contributed by atoms with Crippen LogP contribution in [0.5, 0.6) is 0 Å². The predicted octanol–water partition coefficient (Wildman–Crippen LogP) is 4.05. The van der Waals surface area contributed by atoms with Crippen molar-refractivity contribution in [3.8, 4) is 0 Å². The number of likely N-dealkylation sites (N-methyl/N-ethyl adjacent to an activating group) is 1. The van der Waals surface area contributed by atoms with Gasteiger partial charge in [0.1, 0.15) is 0 Å². The molecule has 3 rings (SSSR count). The molecule has 31 heavy (non-hydrogen) atoms. The topological polar surface area (TPSA) is 123 Å². The lowest BCUT2D eigenvalue weighted by Gasteiger charge is -2.22. The number of rotatable bonds is 7. The van der Waals surface area contributed by atoms with Crippen LogP contribution in [0.15, 0.2) is 36.4 Å². The Morgan fingerprint density at radius 3 is 2.19 bits per heavy atom. The average molecular weight is 466 g/mol. The maximum absolute atomic E-state index is 13.3. The number of aryl methyl sites for hydroxylation is 1. The van der Waals surface area contributed by atoms with E-state index in [9.17, 15) is 25.0 Å². The van der Waals surface area contributed by atoms with E-state index in [2.05, 4.69) is 4.98 Å². The van der Waals surface area contributed by atoms with E-state index < -0.39 is 27.1 Å². The normalized spacial score (nSPS) is 10.7. The molecule has 0 fully saturated rings. The number of fused-ring (bicyclic) bond motifs is 1. The Hall–Kier alpha value is -3.15. The van der Waals surface area contributed by atoms with Gasteiger partial charge in [-0.1, -0.05) is 23.5 Å². The SMILES string of the molecule is Cc1cccc2sc(N(CCN(C)C)C(=O)c3cc([N+](=O)[O-])cc([N+](=O)[O-])c3)nc12.Cl. The first-order valence-corrected chi connectivity index (χ1v) is 9.75. The van der Waals surface area contributed by atoms with Gasteiger partial charge < -0.3 is 4.90 Å². The summed E-state index contributed by atoms with van der Waals surface area (Å²) in [5, 5.41) is 22.8. The van der Waals surface area contributed by atoms with Gasteiger partial charge in [0.05, 0.1) is 31.7 Å². The van der Waals surface area contributed by atoms with Crippen molar-refractivity contribution in [2.45, 2.75) is 6.92 Å². The fourth-order valence-corrected chi connectivity index (χ4v) is 3.93. The second kappa shape index (κ2) is 9.77. The molecule has 0 unspecified atom stereocenters. The van der Waals surface area contributed by atoms with Gasteiger partial charge in [0.15, 0.2) is 5.13 Å². The number of hydrogen-bond donors (Lipinski definition) is 0. The zero-order valence-corrected chi connectivity index (χ0v) is 18.6. The molecule has 1 aromatic heterocycles. The Morgan fingerprint density at radius 2 is 1.68 bits per heavy atom. The van der Waals surface area contributed by atoms with Gasteiger partial charge in [-0.3, -0.25) is 29.9 Å². The Morgan fingerprint density at radius 1 is 1.06 bits per heavy atom. The molecule has 2 aromatic carbocycles. The Kier molecular flexibility index (Phi) is 7.60. The first kappa shape index (κ1) is 24.1. The number of amides is 1. The largest absolute Gasteiger partial charge is 0.308 e. The molecule has 0 bridgehead atoms. The third-order valence-corrected chi connectivity index (χ3v) is 5.47. The molecule has 164 valence electrons. The minimum absolute atomic E-state index is 0. The molecule has 0 aliphatic heterocycles. The smallest absolute Gasteiger partial charge is 0.277 e. The lowest BCUT2D eigenvalue weighted by atomic mass is 10.1. The van der Waals surface area contributed by atoms with Crippen LogP contribution in [0.25, 0.3) is 10.2 Å². The summed E-state index contributed by atoms with van der Waals surface area (Å²) in [7, 11) is 3.70. The molecule has 0 N–H and O–H groups in total. The van der Waals surface area contributed by atoms with Crippen LogP contribution in [0.3, 0.4) is 0 Å². The van der Waals surface area contributed by atoms with E-state index in [0.29, 0.717) is 11.7 Å². The molecule has 0 saturated heterocycles. The highest BCUT2D eigenvalue weighted by atomic mass is 35.5. The quantitative estimate of drug-likeness (QED) is 0.381. The summed E-state index contributed by atoms with van der Waals surface area (Å²) in [4.78, 5) is 42.1. The van der Waals surface area contributed by atoms with E-state index in [1.807, 2.05) is 44.1 Å². The number of aromatic nitrogens is 1. The van der Waals surface area contributed by atoms with E-state index in [4.69, 9.17) is 0 Å². The van der Waals surface area contributed by atoms with Crippen molar-refractivity contribution in [3.63, 3.8) is 0 Å². The van der Waals surface area contributed by atoms with Crippen molar-refractivity contribution in [1.29, 1.82) is 0 Å². The van der Waals surface area contributed by atoms with Crippen LogP contribution in [0.2, 0.25) is 0 Å². The van der Waals surface area contributed by atoms with Gasteiger partial charge in [0.2, 0.25) is 0 Å². The zero-order valence-electron chi connectivity index (χ0n) is 17.0. The lowest BCUT2D eigenvalue weighted by molar-refractivity contribution is -0.394. The molecule has 12 heteroatoms. The Bertz CT molecular complexity index is 1120. The van der Waals surface area contributed by atoms with Crippen molar-refractivity contribution >= 4 is 56.4 Å². The number of hydrogen-bond acceptors (Lipinski definition) is 8. The van der Waals surface area contributed by atoms with Crippen molar-refractivity contribution < 1.29 is 14.6 Å². The van der Waals surface area contributed by atoms with E-state index in [0.717, 1.165) is 34.0 Å². The molecule has 1 heterocycles. The van der Waals surface area contributed by atoms with Gasteiger partial charge >= 0.3 is 0 Å². The number of nitro benzene ring substituents is 2. The molecule has 3 aromatic rings. The van der Waals surface area contributed by atoms with Crippen LogP contribution in [-0.2, 0) is 0 Å². The van der Waals surface area contributed by atoms with Crippen LogP contribution in [-0.4, -0.2) is 52.8 Å². The average Bonchev–Trinajstić information content (AvgIpc) is 3.12. The number of para-hydroxylation sites is 1. The van der Waals surface area contributed by atoms with Gasteiger partial charge in [0.25, 0.3) is 17.3 Å². The number of nitrogens with zero attached hydrogens (tertiary/aromatic N) is 5. The first-order chi connectivity index (χ1) is 14.2. The molecule has 0 aliphatic rings. The highest BCUT2D eigenvalue weighted by Crippen LogP contribution is 2.32. The van der Waals surface area contributed by atoms with Crippen LogP contribution < -0.4 is 4.90 Å². The molecule has 0 spiro atoms. The number of halogens is 1. The summed E-state index contributed by atoms with van der Waals surface area (Å²) < 4.78 is 0.901. The van der Waals surface area contributed by atoms with Gasteiger partial charge in [0, 0.05) is 25.2 Å². The predicted molar refractivity (Wildman–Crippen MR) is 122 cm³/mol. The van der Waals surface area contributed by atoms with Crippen LogP contribution >= 0.6 is 23.7 Å². The summed E-state index contributed by atoms with van der Waals surface area (Å²) in [5.41, 5.74) is 0.567. The van der Waals surface area contributed by atoms with Gasteiger partial charge in [-0.05, 0) is 32.6 Å². The van der Waals surface area contributed by atoms with Gasteiger partial charge in [-0.15, -0.1) is 12.4 Å². The summed E-state index contributed by atoms with van der Waals surface area (Å²) in [6.45, 7) is 2.70. The number of carbonyl (C=O) groups excluding carboxylic acids is 1. The second-order valence-corrected chi connectivity index (χ2v) is 7.94. The highest BCUT2D eigenvalue weighted by Gasteiger charge is 2.26. The van der Waals surface area contributed by atoms with Crippen molar-refractivity contribution in [3.05, 3.63) is 67.8 Å². The second-order valence-electron chi connectivity index (χ2n) is 6.93. The molecule has 0 atom stereocenters. The summed E-state index contributed by atoms with van der Waals surface area (Å²) >= 11 is 1.32. The number of benzene rings is 2. The summed E-state index contributed by atoms with van der Waals surface area (Å²) in [5.74, 6) is -0.583. The Labute approximate surface area is 187 Å². The fraction of sp³-hybridized carbons (Fsp3) is 0.263. The van der Waals surface area contributed by atoms with E-state index in [1.54, 1.807) is 0 Å². The van der Waals surface area contributed by atoms with Crippen molar-refractivity contribution in [1.82, 2.24) is 9.88 Å². The number of thiazole rings is 1. The standard InChI is InChI=1S/C19H19N5O5S.ClH/c1-12-5-4-6-16-17(12)20-19(30-16)22(8-7-21(2)3)18(25)13-9-14(23(26)27)11-15(10-13)24(28)29;/h4-6,9-11H,7-8H2,1-3H3;1H. The molecule has 10 nitrogen and oxygen atoms in total. The van der Waals surface area contributed by atoms with Crippen molar-refractivity contribution in [2.75, 3.05) is 32.1 Å². The highest BCUT2D eigenvalue weighted by molar-refractivity contribution is 7.22. The van der Waals surface area contributed by atoms with Crippen LogP contribution in [0, 0.1) is 27.2 Å². The molecule has 0 radical (unpaired) electrons. The fourth-order valence-electron chi connectivity index (χ4n) is 2.86. The lowest BCUT2D eigenvalue weighted by Crippen LogP contribution is -2.36. The Balaban J connectivity index is 0.00000341. The molecule has 0 aliphatic carbocycles. The first-order valence-electron chi connectivity index (χ1n) is 8.94. The van der Waals surface area contributed by atoms with E-state index in [1.165, 1.54) is 16.2 Å². The van der Waals surface area contributed by atoms with E-state index >= 15 is 0 Å². The maximum atomic E-state index is 13.3. The number of carbonyl (C=O) groups is 1. The zero-order chi connectivity index (χ0) is 22.0. The van der Waals surface area contributed by atoms with E-state index in [-0.39, 0.29) is 24.5 Å². The van der Waals surface area contributed by atoms with Crippen LogP contribution in [0.4, 0.5) is 16.5 Å². The minimum atomic E-state index is -0.755. The minimum Gasteiger partial charge on any atom is -0.308 e. The molecule has 1 amide bonds. The number of anilines is 1. The summed E-state index contributed by atoms with van der Waals surface area (Å²) in [6, 6.07) is 8.66. The molecular formula is C19H20ClN5O5S. The number of non-ortho nitro benzene ring substituents is 2. The maximum Gasteiger partial charge on any atom is 0.277 e. The van der Waals surface area contributed by atoms with Gasteiger partial charge in [-0.2, -0.15) is 0 Å². The van der Waals surface area contributed by atoms with Crippen molar-refractivity contribution in [2.24, 2.45) is 0 Å². The molecular weight excluding hydrogens is 446 g/mol. The third-order valence-electron chi connectivity index (χ3n) is 4.43. The summed E-state index contributed by atoms with van der Waals surface area (Å²) in [6.07, 6.45) is 0. The third kappa shape index (κ3) is 5.32. The molecule has 0 saturated carbocycles. The van der Waals surface area contributed by atoms with Gasteiger partial charge in [-0.25, -0.2) is 4.98 Å². The number of nitro groups is 2.